The van der Waals surface area contributed by atoms with Gasteiger partial charge in [0.05, 0.1) is 32.7 Å². The van der Waals surface area contributed by atoms with Crippen molar-refractivity contribution < 1.29 is 22.7 Å². The number of rotatable bonds is 8. The SMILES string of the molecule is COc1ccc(N(CCNC(=O)c2cccc(C)c2)S(C)(=O)=O)c(OC)c1. The van der Waals surface area contributed by atoms with Crippen LogP contribution in [0.5, 0.6) is 11.5 Å². The Bertz CT molecular complexity index is 912. The number of nitrogens with one attached hydrogen (secondary N) is 1. The van der Waals surface area contributed by atoms with Crippen molar-refractivity contribution in [2.45, 2.75) is 6.92 Å². The highest BCUT2D eigenvalue weighted by molar-refractivity contribution is 7.92. The first-order valence-electron chi connectivity index (χ1n) is 8.31. The molecule has 0 spiro atoms. The average molecular weight is 392 g/mol. The lowest BCUT2D eigenvalue weighted by Gasteiger charge is -2.24. The Hall–Kier alpha value is -2.74. The van der Waals surface area contributed by atoms with E-state index in [0.29, 0.717) is 22.7 Å². The number of sulfonamides is 1. The fraction of sp³-hybridized carbons (Fsp3) is 0.316. The molecule has 2 aromatic carbocycles. The number of hydrogen-bond acceptors (Lipinski definition) is 5. The van der Waals surface area contributed by atoms with Crippen LogP contribution in [0.4, 0.5) is 5.69 Å². The summed E-state index contributed by atoms with van der Waals surface area (Å²) in [7, 11) is -0.604. The Labute approximate surface area is 160 Å². The van der Waals surface area contributed by atoms with Crippen molar-refractivity contribution in [2.75, 3.05) is 37.9 Å². The molecule has 7 nitrogen and oxygen atoms in total. The molecule has 0 saturated heterocycles. The molecule has 0 aliphatic carbocycles. The van der Waals surface area contributed by atoms with Crippen LogP contribution in [-0.2, 0) is 10.0 Å². The third-order valence-corrected chi connectivity index (χ3v) is 5.12. The molecule has 2 aromatic rings. The molecule has 1 N–H and O–H groups in total. The first-order chi connectivity index (χ1) is 12.8. The monoisotopic (exact) mass is 392 g/mol. The zero-order valence-corrected chi connectivity index (χ0v) is 16.7. The molecule has 0 saturated carbocycles. The van der Waals surface area contributed by atoms with Crippen molar-refractivity contribution in [3.05, 3.63) is 53.6 Å². The molecule has 0 heterocycles. The lowest BCUT2D eigenvalue weighted by atomic mass is 10.1. The lowest BCUT2D eigenvalue weighted by Crippen LogP contribution is -2.38. The summed E-state index contributed by atoms with van der Waals surface area (Å²) in [6.07, 6.45) is 1.11. The number of carbonyl (C=O) groups excluding carboxylic acids is 1. The third kappa shape index (κ3) is 5.37. The van der Waals surface area contributed by atoms with Crippen molar-refractivity contribution in [1.29, 1.82) is 0 Å². The molecule has 0 aliphatic rings. The largest absolute Gasteiger partial charge is 0.497 e. The van der Waals surface area contributed by atoms with Gasteiger partial charge in [-0.25, -0.2) is 8.42 Å². The highest BCUT2D eigenvalue weighted by Crippen LogP contribution is 2.33. The molecule has 0 fully saturated rings. The van der Waals surface area contributed by atoms with E-state index in [0.717, 1.165) is 11.8 Å². The molecule has 27 heavy (non-hydrogen) atoms. The van der Waals surface area contributed by atoms with Crippen LogP contribution in [0, 0.1) is 6.92 Å². The maximum absolute atomic E-state index is 12.3. The van der Waals surface area contributed by atoms with Crippen LogP contribution in [0.1, 0.15) is 15.9 Å². The Morgan fingerprint density at radius 3 is 2.44 bits per heavy atom. The number of amides is 1. The molecule has 0 unspecified atom stereocenters. The van der Waals surface area contributed by atoms with E-state index in [9.17, 15) is 13.2 Å². The fourth-order valence-electron chi connectivity index (χ4n) is 2.62. The summed E-state index contributed by atoms with van der Waals surface area (Å²) < 4.78 is 36.2. The number of hydrogen-bond donors (Lipinski definition) is 1. The van der Waals surface area contributed by atoms with E-state index in [4.69, 9.17) is 9.47 Å². The van der Waals surface area contributed by atoms with E-state index < -0.39 is 10.0 Å². The molecular formula is C19H24N2O5S. The van der Waals surface area contributed by atoms with Crippen LogP contribution in [0.3, 0.4) is 0 Å². The van der Waals surface area contributed by atoms with E-state index in [2.05, 4.69) is 5.32 Å². The summed E-state index contributed by atoms with van der Waals surface area (Å²) in [5.74, 6) is 0.662. The molecule has 0 aromatic heterocycles. The second kappa shape index (κ2) is 8.77. The second-order valence-electron chi connectivity index (χ2n) is 6.00. The number of benzene rings is 2. The van der Waals surface area contributed by atoms with Gasteiger partial charge in [-0.3, -0.25) is 9.10 Å². The van der Waals surface area contributed by atoms with Gasteiger partial charge in [-0.15, -0.1) is 0 Å². The zero-order valence-electron chi connectivity index (χ0n) is 15.9. The molecule has 1 amide bonds. The van der Waals surface area contributed by atoms with Crippen LogP contribution < -0.4 is 19.1 Å². The van der Waals surface area contributed by atoms with Crippen LogP contribution >= 0.6 is 0 Å². The highest BCUT2D eigenvalue weighted by Gasteiger charge is 2.21. The Kier molecular flexibility index (Phi) is 6.68. The molecule has 0 bridgehead atoms. The van der Waals surface area contributed by atoms with E-state index in [1.54, 1.807) is 36.4 Å². The Morgan fingerprint density at radius 2 is 1.85 bits per heavy atom. The quantitative estimate of drug-likeness (QED) is 0.745. The lowest BCUT2D eigenvalue weighted by molar-refractivity contribution is 0.0954. The van der Waals surface area contributed by atoms with E-state index >= 15 is 0 Å². The predicted octanol–water partition coefficient (Wildman–Crippen LogP) is 2.21. The van der Waals surface area contributed by atoms with Gasteiger partial charge in [0.2, 0.25) is 10.0 Å². The van der Waals surface area contributed by atoms with E-state index in [1.165, 1.54) is 18.5 Å². The van der Waals surface area contributed by atoms with Gasteiger partial charge in [0.15, 0.2) is 0 Å². The number of methoxy groups -OCH3 is 2. The summed E-state index contributed by atoms with van der Waals surface area (Å²) in [6, 6.07) is 12.1. The van der Waals surface area contributed by atoms with Crippen LogP contribution in [-0.4, -0.2) is 47.9 Å². The number of nitrogens with zero attached hydrogens (tertiary/aromatic N) is 1. The van der Waals surface area contributed by atoms with Crippen molar-refractivity contribution in [3.63, 3.8) is 0 Å². The topological polar surface area (TPSA) is 84.9 Å². The van der Waals surface area contributed by atoms with Crippen LogP contribution in [0.25, 0.3) is 0 Å². The molecule has 0 atom stereocenters. The van der Waals surface area contributed by atoms with Crippen molar-refractivity contribution in [3.8, 4) is 11.5 Å². The van der Waals surface area contributed by atoms with Crippen LogP contribution in [0.2, 0.25) is 0 Å². The van der Waals surface area contributed by atoms with Gasteiger partial charge in [-0.1, -0.05) is 17.7 Å². The smallest absolute Gasteiger partial charge is 0.251 e. The van der Waals surface area contributed by atoms with Crippen LogP contribution in [0.15, 0.2) is 42.5 Å². The Morgan fingerprint density at radius 1 is 1.11 bits per heavy atom. The Balaban J connectivity index is 2.16. The van der Waals surface area contributed by atoms with Gasteiger partial charge in [0.1, 0.15) is 11.5 Å². The van der Waals surface area contributed by atoms with E-state index in [-0.39, 0.29) is 19.0 Å². The molecular weight excluding hydrogens is 368 g/mol. The van der Waals surface area contributed by atoms with Crippen molar-refractivity contribution >= 4 is 21.6 Å². The molecule has 8 heteroatoms. The predicted molar refractivity (Wildman–Crippen MR) is 105 cm³/mol. The zero-order chi connectivity index (χ0) is 20.0. The number of aryl methyl sites for hydroxylation is 1. The maximum atomic E-state index is 12.3. The van der Waals surface area contributed by atoms with Gasteiger partial charge in [0, 0.05) is 18.2 Å². The minimum absolute atomic E-state index is 0.0685. The minimum Gasteiger partial charge on any atom is -0.497 e. The molecule has 146 valence electrons. The summed E-state index contributed by atoms with van der Waals surface area (Å²) in [5.41, 5.74) is 1.89. The summed E-state index contributed by atoms with van der Waals surface area (Å²) in [4.78, 5) is 12.3. The summed E-state index contributed by atoms with van der Waals surface area (Å²) in [6.45, 7) is 2.12. The highest BCUT2D eigenvalue weighted by atomic mass is 32.2. The average Bonchev–Trinajstić information content (AvgIpc) is 2.63. The maximum Gasteiger partial charge on any atom is 0.251 e. The summed E-state index contributed by atoms with van der Waals surface area (Å²) >= 11 is 0. The normalized spacial score (nSPS) is 11.0. The minimum atomic E-state index is -3.58. The van der Waals surface area contributed by atoms with Gasteiger partial charge >= 0.3 is 0 Å². The standard InChI is InChI=1S/C19H24N2O5S/c1-14-6-5-7-15(12-14)19(22)20-10-11-21(27(4,23)24)17-9-8-16(25-2)13-18(17)26-3/h5-9,12-13H,10-11H2,1-4H3,(H,20,22). The molecule has 0 radical (unpaired) electrons. The molecule has 0 aliphatic heterocycles. The first-order valence-corrected chi connectivity index (χ1v) is 10.2. The summed E-state index contributed by atoms with van der Waals surface area (Å²) in [5, 5.41) is 2.75. The van der Waals surface area contributed by atoms with Gasteiger partial charge in [-0.05, 0) is 31.2 Å². The van der Waals surface area contributed by atoms with Gasteiger partial charge < -0.3 is 14.8 Å². The van der Waals surface area contributed by atoms with Gasteiger partial charge in [-0.2, -0.15) is 0 Å². The van der Waals surface area contributed by atoms with Crippen molar-refractivity contribution in [2.24, 2.45) is 0 Å². The number of anilines is 1. The van der Waals surface area contributed by atoms with Gasteiger partial charge in [0.25, 0.3) is 5.91 Å². The van der Waals surface area contributed by atoms with E-state index in [1.807, 2.05) is 13.0 Å². The van der Waals surface area contributed by atoms with Crippen molar-refractivity contribution in [1.82, 2.24) is 5.32 Å². The number of carbonyl (C=O) groups is 1. The third-order valence-electron chi connectivity index (χ3n) is 3.94. The number of ether oxygens (including phenoxy) is 2. The fourth-order valence-corrected chi connectivity index (χ4v) is 3.55. The second-order valence-corrected chi connectivity index (χ2v) is 7.91. The molecule has 2 rings (SSSR count). The first kappa shape index (κ1) is 20.6.